The summed E-state index contributed by atoms with van der Waals surface area (Å²) in [6, 6.07) is 14.2. The van der Waals surface area contributed by atoms with Gasteiger partial charge in [-0.3, -0.25) is 9.89 Å². The van der Waals surface area contributed by atoms with Crippen LogP contribution in [0, 0.1) is 5.82 Å². The van der Waals surface area contributed by atoms with E-state index >= 15 is 0 Å². The molecule has 1 aromatic heterocycles. The van der Waals surface area contributed by atoms with Gasteiger partial charge in [-0.05, 0) is 23.8 Å². The van der Waals surface area contributed by atoms with Crippen LogP contribution in [0.1, 0.15) is 27.2 Å². The summed E-state index contributed by atoms with van der Waals surface area (Å²) in [5, 5.41) is 9.47. The van der Waals surface area contributed by atoms with Crippen molar-refractivity contribution in [3.63, 3.8) is 0 Å². The van der Waals surface area contributed by atoms with Gasteiger partial charge in [-0.1, -0.05) is 36.4 Å². The zero-order valence-corrected chi connectivity index (χ0v) is 15.5. The number of hydrogen-bond donors (Lipinski definition) is 2. The van der Waals surface area contributed by atoms with Gasteiger partial charge >= 0.3 is 0 Å². The number of anilines is 1. The van der Waals surface area contributed by atoms with Crippen molar-refractivity contribution in [3.8, 4) is 0 Å². The number of H-pyrrole nitrogens is 1. The summed E-state index contributed by atoms with van der Waals surface area (Å²) in [6.45, 7) is 0.247. The Morgan fingerprint density at radius 3 is 2.68 bits per heavy atom. The van der Waals surface area contributed by atoms with Crippen LogP contribution in [0.15, 0.2) is 54.6 Å². The van der Waals surface area contributed by atoms with Crippen molar-refractivity contribution < 1.29 is 17.6 Å². The summed E-state index contributed by atoms with van der Waals surface area (Å²) >= 11 is 0. The van der Waals surface area contributed by atoms with E-state index in [9.17, 15) is 17.6 Å². The van der Waals surface area contributed by atoms with Crippen molar-refractivity contribution in [3.05, 3.63) is 82.8 Å². The van der Waals surface area contributed by atoms with Crippen LogP contribution in [0.4, 0.5) is 10.2 Å². The maximum atomic E-state index is 13.3. The minimum Gasteiger partial charge on any atom is -0.307 e. The van der Waals surface area contributed by atoms with Crippen LogP contribution < -0.4 is 5.32 Å². The second kappa shape index (κ2) is 7.17. The Kier molecular flexibility index (Phi) is 4.70. The van der Waals surface area contributed by atoms with Gasteiger partial charge in [0.25, 0.3) is 5.91 Å². The summed E-state index contributed by atoms with van der Waals surface area (Å²) < 4.78 is 40.1. The van der Waals surface area contributed by atoms with E-state index in [1.54, 1.807) is 24.3 Å². The van der Waals surface area contributed by atoms with Gasteiger partial charge in [0.05, 0.1) is 18.0 Å². The number of nitrogens with zero attached hydrogens (tertiary/aromatic N) is 2. The molecule has 7 nitrogen and oxygen atoms in total. The molecule has 2 N–H and O–H groups in total. The molecule has 3 aromatic rings. The largest absolute Gasteiger partial charge is 0.307 e. The number of aromatic amines is 1. The van der Waals surface area contributed by atoms with E-state index < -0.39 is 21.7 Å². The molecule has 0 atom stereocenters. The average Bonchev–Trinajstić information content (AvgIpc) is 3.25. The molecule has 1 aliphatic heterocycles. The first-order valence-electron chi connectivity index (χ1n) is 8.57. The molecule has 9 heteroatoms. The van der Waals surface area contributed by atoms with E-state index in [1.165, 1.54) is 22.5 Å². The second-order valence-electron chi connectivity index (χ2n) is 6.50. The molecule has 2 aromatic carbocycles. The number of rotatable bonds is 5. The summed E-state index contributed by atoms with van der Waals surface area (Å²) in [7, 11) is -3.54. The summed E-state index contributed by atoms with van der Waals surface area (Å²) in [5.41, 5.74) is 2.04. The van der Waals surface area contributed by atoms with Crippen LogP contribution in [0.25, 0.3) is 0 Å². The molecule has 0 fully saturated rings. The topological polar surface area (TPSA) is 95.2 Å². The molecule has 0 saturated carbocycles. The normalized spacial score (nSPS) is 14.0. The monoisotopic (exact) mass is 400 g/mol. The number of aromatic nitrogens is 2. The molecule has 0 saturated heterocycles. The van der Waals surface area contributed by atoms with Crippen LogP contribution in [0.2, 0.25) is 0 Å². The standard InChI is InChI=1S/C19H17FN4O3S/c20-15-8-4-7-14(9-15)19(25)21-18-16-10-24(11-17(16)22-23-18)28(26,27)12-13-5-2-1-3-6-13/h1-9H,10-12H2,(H2,21,22,23,25). The van der Waals surface area contributed by atoms with E-state index in [0.29, 0.717) is 22.6 Å². The summed E-state index contributed by atoms with van der Waals surface area (Å²) in [5.74, 6) is -0.800. The lowest BCUT2D eigenvalue weighted by atomic mass is 10.2. The zero-order chi connectivity index (χ0) is 19.7. The fourth-order valence-corrected chi connectivity index (χ4v) is 4.54. The number of benzene rings is 2. The van der Waals surface area contributed by atoms with Gasteiger partial charge in [0.1, 0.15) is 11.6 Å². The van der Waals surface area contributed by atoms with Gasteiger partial charge in [-0.15, -0.1) is 0 Å². The summed E-state index contributed by atoms with van der Waals surface area (Å²) in [6.07, 6.45) is 0. The molecule has 0 spiro atoms. The fourth-order valence-electron chi connectivity index (χ4n) is 3.09. The van der Waals surface area contributed by atoms with E-state index in [-0.39, 0.29) is 24.4 Å². The van der Waals surface area contributed by atoms with Gasteiger partial charge in [0, 0.05) is 17.7 Å². The SMILES string of the molecule is O=C(Nc1[nH]nc2c1CN(S(=O)(=O)Cc1ccccc1)C2)c1cccc(F)c1. The van der Waals surface area contributed by atoms with Crippen molar-refractivity contribution in [2.75, 3.05) is 5.32 Å². The van der Waals surface area contributed by atoms with Crippen LogP contribution >= 0.6 is 0 Å². The molecule has 0 bridgehead atoms. The van der Waals surface area contributed by atoms with E-state index in [1.807, 2.05) is 6.07 Å². The smallest absolute Gasteiger partial charge is 0.256 e. The Morgan fingerprint density at radius 1 is 1.14 bits per heavy atom. The molecule has 28 heavy (non-hydrogen) atoms. The number of amides is 1. The Balaban J connectivity index is 1.49. The predicted octanol–water partition coefficient (Wildman–Crippen LogP) is 2.65. The van der Waals surface area contributed by atoms with Crippen LogP contribution in [-0.2, 0) is 28.9 Å². The van der Waals surface area contributed by atoms with Crippen LogP contribution in [0.3, 0.4) is 0 Å². The van der Waals surface area contributed by atoms with Crippen molar-refractivity contribution >= 4 is 21.7 Å². The lowest BCUT2D eigenvalue weighted by molar-refractivity contribution is 0.102. The third-order valence-corrected chi connectivity index (χ3v) is 6.27. The Morgan fingerprint density at radius 2 is 1.93 bits per heavy atom. The molecular formula is C19H17FN4O3S. The minimum atomic E-state index is -3.54. The Labute approximate surface area is 161 Å². The van der Waals surface area contributed by atoms with Gasteiger partial charge in [-0.25, -0.2) is 12.8 Å². The maximum absolute atomic E-state index is 13.3. The van der Waals surface area contributed by atoms with Crippen molar-refractivity contribution in [1.29, 1.82) is 0 Å². The van der Waals surface area contributed by atoms with E-state index in [4.69, 9.17) is 0 Å². The lowest BCUT2D eigenvalue weighted by Gasteiger charge is -2.16. The highest BCUT2D eigenvalue weighted by Gasteiger charge is 2.33. The first-order chi connectivity index (χ1) is 13.4. The molecule has 0 aliphatic carbocycles. The van der Waals surface area contributed by atoms with E-state index in [2.05, 4.69) is 15.5 Å². The number of carbonyl (C=O) groups is 1. The van der Waals surface area contributed by atoms with Crippen LogP contribution in [0.5, 0.6) is 0 Å². The second-order valence-corrected chi connectivity index (χ2v) is 8.47. The highest BCUT2D eigenvalue weighted by molar-refractivity contribution is 7.88. The number of fused-ring (bicyclic) bond motifs is 1. The number of carbonyl (C=O) groups excluding carboxylic acids is 1. The van der Waals surface area contributed by atoms with Crippen LogP contribution in [-0.4, -0.2) is 28.8 Å². The lowest BCUT2D eigenvalue weighted by Crippen LogP contribution is -2.27. The zero-order valence-electron chi connectivity index (χ0n) is 14.7. The van der Waals surface area contributed by atoms with Gasteiger partial charge in [0.2, 0.25) is 10.0 Å². The quantitative estimate of drug-likeness (QED) is 0.688. The maximum Gasteiger partial charge on any atom is 0.256 e. The molecule has 4 rings (SSSR count). The Hall–Kier alpha value is -3.04. The molecule has 0 unspecified atom stereocenters. The van der Waals surface area contributed by atoms with Crippen molar-refractivity contribution in [1.82, 2.24) is 14.5 Å². The molecular weight excluding hydrogens is 383 g/mol. The first-order valence-corrected chi connectivity index (χ1v) is 10.2. The molecule has 1 amide bonds. The number of sulfonamides is 1. The minimum absolute atomic E-state index is 0.104. The van der Waals surface area contributed by atoms with Gasteiger partial charge in [-0.2, -0.15) is 9.40 Å². The van der Waals surface area contributed by atoms with Gasteiger partial charge in [0.15, 0.2) is 0 Å². The highest BCUT2D eigenvalue weighted by Crippen LogP contribution is 2.30. The number of hydrogen-bond acceptors (Lipinski definition) is 4. The first kappa shape index (κ1) is 18.3. The van der Waals surface area contributed by atoms with E-state index in [0.717, 1.165) is 6.07 Å². The predicted molar refractivity (Wildman–Crippen MR) is 101 cm³/mol. The average molecular weight is 400 g/mol. The Bertz CT molecular complexity index is 1130. The molecule has 144 valence electrons. The van der Waals surface area contributed by atoms with Gasteiger partial charge < -0.3 is 5.32 Å². The number of nitrogens with one attached hydrogen (secondary N) is 2. The third-order valence-electron chi connectivity index (χ3n) is 4.52. The van der Waals surface area contributed by atoms with Crippen molar-refractivity contribution in [2.24, 2.45) is 0 Å². The highest BCUT2D eigenvalue weighted by atomic mass is 32.2. The third kappa shape index (κ3) is 3.67. The number of halogens is 1. The van der Waals surface area contributed by atoms with Crippen molar-refractivity contribution in [2.45, 2.75) is 18.8 Å². The molecule has 2 heterocycles. The summed E-state index contributed by atoms with van der Waals surface area (Å²) in [4.78, 5) is 12.3. The molecule has 0 radical (unpaired) electrons. The fraction of sp³-hybridized carbons (Fsp3) is 0.158. The molecule has 1 aliphatic rings.